The van der Waals surface area contributed by atoms with Gasteiger partial charge in [0.1, 0.15) is 5.82 Å². The highest BCUT2D eigenvalue weighted by molar-refractivity contribution is 7.13. The van der Waals surface area contributed by atoms with Crippen molar-refractivity contribution in [2.75, 3.05) is 46.4 Å². The van der Waals surface area contributed by atoms with Crippen molar-refractivity contribution in [3.8, 4) is 22.1 Å². The molecule has 6 nitrogen and oxygen atoms in total. The molecule has 2 saturated heterocycles. The van der Waals surface area contributed by atoms with Crippen LogP contribution in [0.3, 0.4) is 0 Å². The Morgan fingerprint density at radius 1 is 1.07 bits per heavy atom. The van der Waals surface area contributed by atoms with E-state index in [2.05, 4.69) is 26.4 Å². The zero-order chi connectivity index (χ0) is 19.8. The predicted molar refractivity (Wildman–Crippen MR) is 111 cm³/mol. The largest absolute Gasteiger partial charge is 0.378 e. The number of imidazole rings is 1. The summed E-state index contributed by atoms with van der Waals surface area (Å²) < 4.78 is 21.3. The van der Waals surface area contributed by atoms with Crippen molar-refractivity contribution in [2.45, 2.75) is 12.1 Å². The average Bonchev–Trinajstić information content (AvgIpc) is 3.48. The molecule has 0 saturated carbocycles. The summed E-state index contributed by atoms with van der Waals surface area (Å²) in [5.74, 6) is 0.633. The highest BCUT2D eigenvalue weighted by Gasteiger charge is 2.36. The zero-order valence-corrected chi connectivity index (χ0v) is 17.2. The number of benzene rings is 1. The molecule has 29 heavy (non-hydrogen) atoms. The minimum atomic E-state index is -0.240. The fourth-order valence-corrected chi connectivity index (χ4v) is 5.00. The smallest absolute Gasteiger partial charge is 0.169 e. The van der Waals surface area contributed by atoms with Crippen molar-refractivity contribution in [3.63, 3.8) is 0 Å². The maximum Gasteiger partial charge on any atom is 0.169 e. The van der Waals surface area contributed by atoms with Gasteiger partial charge in [-0.25, -0.2) is 14.4 Å². The van der Waals surface area contributed by atoms with Gasteiger partial charge in [0.25, 0.3) is 0 Å². The fraction of sp³-hybridized carbons (Fsp3) is 0.429. The van der Waals surface area contributed by atoms with E-state index in [-0.39, 0.29) is 11.9 Å². The molecule has 5 rings (SSSR count). The van der Waals surface area contributed by atoms with E-state index in [0.717, 1.165) is 54.9 Å². The quantitative estimate of drug-likeness (QED) is 0.658. The Morgan fingerprint density at radius 3 is 2.62 bits per heavy atom. The van der Waals surface area contributed by atoms with Crippen LogP contribution in [0, 0.1) is 5.82 Å². The molecule has 8 heteroatoms. The van der Waals surface area contributed by atoms with Crippen molar-refractivity contribution in [1.29, 1.82) is 0 Å². The Bertz CT molecular complexity index is 964. The van der Waals surface area contributed by atoms with Gasteiger partial charge < -0.3 is 14.2 Å². The molecule has 0 amide bonds. The second kappa shape index (κ2) is 7.95. The SMILES string of the molecule is CN1CCN([C@H]2COC[C@@H]2n2ccnc2-c2nc(-c3ccc(F)cc3)cs2)CC1. The van der Waals surface area contributed by atoms with E-state index in [1.165, 1.54) is 12.1 Å². The molecule has 0 spiro atoms. The lowest BCUT2D eigenvalue weighted by Gasteiger charge is -2.38. The molecule has 152 valence electrons. The number of thiazole rings is 1. The minimum absolute atomic E-state index is 0.231. The molecule has 4 heterocycles. The number of likely N-dealkylation sites (N-methyl/N-ethyl adjacent to an activating group) is 1. The maximum atomic E-state index is 13.2. The van der Waals surface area contributed by atoms with Crippen LogP contribution in [0.1, 0.15) is 6.04 Å². The third kappa shape index (κ3) is 3.73. The molecule has 0 radical (unpaired) electrons. The lowest BCUT2D eigenvalue weighted by molar-refractivity contribution is 0.0889. The van der Waals surface area contributed by atoms with Crippen molar-refractivity contribution in [3.05, 3.63) is 47.9 Å². The van der Waals surface area contributed by atoms with Crippen LogP contribution in [0.15, 0.2) is 42.0 Å². The first-order chi connectivity index (χ1) is 14.2. The summed E-state index contributed by atoms with van der Waals surface area (Å²) in [7, 11) is 2.18. The highest BCUT2D eigenvalue weighted by atomic mass is 32.1. The van der Waals surface area contributed by atoms with E-state index < -0.39 is 0 Å². The fourth-order valence-electron chi connectivity index (χ4n) is 4.18. The molecule has 2 aliphatic heterocycles. The monoisotopic (exact) mass is 413 g/mol. The van der Waals surface area contributed by atoms with Gasteiger partial charge in [0.05, 0.1) is 31.0 Å². The summed E-state index contributed by atoms with van der Waals surface area (Å²) in [6, 6.07) is 7.03. The number of ether oxygens (including phenoxy) is 1. The number of rotatable bonds is 4. The average molecular weight is 414 g/mol. The minimum Gasteiger partial charge on any atom is -0.378 e. The Labute approximate surface area is 173 Å². The second-order valence-corrected chi connectivity index (χ2v) is 8.57. The molecule has 2 atom stereocenters. The van der Waals surface area contributed by atoms with Crippen LogP contribution in [0.25, 0.3) is 22.1 Å². The van der Waals surface area contributed by atoms with Gasteiger partial charge in [-0.2, -0.15) is 0 Å². The van der Waals surface area contributed by atoms with Crippen LogP contribution >= 0.6 is 11.3 Å². The van der Waals surface area contributed by atoms with Crippen LogP contribution < -0.4 is 0 Å². The molecule has 2 aromatic heterocycles. The Hall–Kier alpha value is -2.13. The van der Waals surface area contributed by atoms with E-state index in [9.17, 15) is 4.39 Å². The number of hydrogen-bond donors (Lipinski definition) is 0. The summed E-state index contributed by atoms with van der Waals surface area (Å²) in [6.07, 6.45) is 3.88. The van der Waals surface area contributed by atoms with Gasteiger partial charge in [-0.05, 0) is 31.3 Å². The van der Waals surface area contributed by atoms with Gasteiger partial charge in [-0.3, -0.25) is 4.90 Å². The molecule has 0 N–H and O–H groups in total. The first-order valence-corrected chi connectivity index (χ1v) is 10.8. The van der Waals surface area contributed by atoms with Crippen molar-refractivity contribution in [1.82, 2.24) is 24.3 Å². The molecule has 0 bridgehead atoms. The Morgan fingerprint density at radius 2 is 1.83 bits per heavy atom. The molecule has 0 unspecified atom stereocenters. The second-order valence-electron chi connectivity index (χ2n) is 7.71. The summed E-state index contributed by atoms with van der Waals surface area (Å²) in [5, 5.41) is 2.88. The normalized spacial score (nSPS) is 23.7. The lowest BCUT2D eigenvalue weighted by Crippen LogP contribution is -2.51. The van der Waals surface area contributed by atoms with Crippen molar-refractivity contribution in [2.24, 2.45) is 0 Å². The summed E-state index contributed by atoms with van der Waals surface area (Å²) in [5.41, 5.74) is 1.75. The molecule has 2 fully saturated rings. The van der Waals surface area contributed by atoms with Gasteiger partial charge in [0, 0.05) is 49.5 Å². The zero-order valence-electron chi connectivity index (χ0n) is 16.4. The number of nitrogens with zero attached hydrogens (tertiary/aromatic N) is 5. The van der Waals surface area contributed by atoms with E-state index in [1.807, 2.05) is 17.8 Å². The molecule has 2 aliphatic rings. The van der Waals surface area contributed by atoms with Crippen LogP contribution in [-0.4, -0.2) is 76.8 Å². The van der Waals surface area contributed by atoms with E-state index in [0.29, 0.717) is 12.6 Å². The molecule has 0 aliphatic carbocycles. The molecular formula is C21H24FN5OS. The third-order valence-electron chi connectivity index (χ3n) is 5.89. The first kappa shape index (κ1) is 18.9. The number of piperazine rings is 1. The molecule has 1 aromatic carbocycles. The van der Waals surface area contributed by atoms with Gasteiger partial charge in [0.15, 0.2) is 10.8 Å². The van der Waals surface area contributed by atoms with E-state index in [1.54, 1.807) is 23.5 Å². The summed E-state index contributed by atoms with van der Waals surface area (Å²) >= 11 is 1.57. The van der Waals surface area contributed by atoms with Gasteiger partial charge in [-0.1, -0.05) is 0 Å². The summed E-state index contributed by atoms with van der Waals surface area (Å²) in [4.78, 5) is 14.3. The number of halogens is 1. The molecule has 3 aromatic rings. The van der Waals surface area contributed by atoms with Crippen molar-refractivity contribution < 1.29 is 9.13 Å². The van der Waals surface area contributed by atoms with Crippen LogP contribution in [0.5, 0.6) is 0 Å². The topological polar surface area (TPSA) is 46.4 Å². The standard InChI is InChI=1S/C21H24FN5OS/c1-25-8-10-26(11-9-25)18-12-28-13-19(18)27-7-6-23-20(27)21-24-17(14-29-21)15-2-4-16(22)5-3-15/h2-7,14,18-19H,8-13H2,1H3/t18-,19-/m0/s1. The van der Waals surface area contributed by atoms with E-state index >= 15 is 0 Å². The van der Waals surface area contributed by atoms with Gasteiger partial charge in [-0.15, -0.1) is 11.3 Å². The predicted octanol–water partition coefficient (Wildman–Crippen LogP) is 3.00. The van der Waals surface area contributed by atoms with Gasteiger partial charge in [0.2, 0.25) is 0 Å². The van der Waals surface area contributed by atoms with Crippen LogP contribution in [0.4, 0.5) is 4.39 Å². The Balaban J connectivity index is 1.40. The summed E-state index contributed by atoms with van der Waals surface area (Å²) in [6.45, 7) is 5.76. The van der Waals surface area contributed by atoms with Crippen molar-refractivity contribution >= 4 is 11.3 Å². The third-order valence-corrected chi connectivity index (χ3v) is 6.73. The Kier molecular flexibility index (Phi) is 5.17. The molecular weight excluding hydrogens is 389 g/mol. The van der Waals surface area contributed by atoms with E-state index in [4.69, 9.17) is 9.72 Å². The number of aromatic nitrogens is 3. The number of hydrogen-bond acceptors (Lipinski definition) is 6. The maximum absolute atomic E-state index is 13.2. The first-order valence-electron chi connectivity index (χ1n) is 9.94. The lowest BCUT2D eigenvalue weighted by atomic mass is 10.1. The van der Waals surface area contributed by atoms with Gasteiger partial charge >= 0.3 is 0 Å². The highest BCUT2D eigenvalue weighted by Crippen LogP contribution is 2.33. The van der Waals surface area contributed by atoms with Crippen LogP contribution in [-0.2, 0) is 4.74 Å². The van der Waals surface area contributed by atoms with Crippen LogP contribution in [0.2, 0.25) is 0 Å².